The highest BCUT2D eigenvalue weighted by Gasteiger charge is 2.49. The van der Waals surface area contributed by atoms with Crippen molar-refractivity contribution in [2.24, 2.45) is 0 Å². The Morgan fingerprint density at radius 2 is 0.895 bits per heavy atom. The van der Waals surface area contributed by atoms with Gasteiger partial charge in [-0.3, -0.25) is 0 Å². The van der Waals surface area contributed by atoms with E-state index in [2.05, 4.69) is 229 Å². The van der Waals surface area contributed by atoms with E-state index in [0.717, 1.165) is 50.1 Å². The van der Waals surface area contributed by atoms with E-state index in [-0.39, 0.29) is 0 Å². The van der Waals surface area contributed by atoms with E-state index < -0.39 is 5.41 Å². The van der Waals surface area contributed by atoms with Gasteiger partial charge in [-0.1, -0.05) is 170 Å². The molecule has 2 nitrogen and oxygen atoms in total. The number of hydrogen-bond donors (Lipinski definition) is 0. The lowest BCUT2D eigenvalue weighted by Gasteiger charge is -2.33. The molecule has 0 spiro atoms. The molecule has 57 heavy (non-hydrogen) atoms. The SMILES string of the molecule is c1ccc(-c2cc3c(oc4ccc(-c5cccc(N(c6ccccc6)c6ccccc6)c5)cc43)c3c2-c2ccccc2C3(c2ccccc2)c2ccccc2)cc1. The zero-order valence-corrected chi connectivity index (χ0v) is 31.2. The Kier molecular flexibility index (Phi) is 7.75. The van der Waals surface area contributed by atoms with Crippen LogP contribution in [0.5, 0.6) is 0 Å². The highest BCUT2D eigenvalue weighted by atomic mass is 16.3. The summed E-state index contributed by atoms with van der Waals surface area (Å²) < 4.78 is 7.18. The summed E-state index contributed by atoms with van der Waals surface area (Å²) in [6.07, 6.45) is 0. The molecular weight excluding hydrogens is 691 g/mol. The fraction of sp³-hybridized carbons (Fsp3) is 0.0182. The molecule has 10 aromatic rings. The van der Waals surface area contributed by atoms with Gasteiger partial charge >= 0.3 is 0 Å². The lowest BCUT2D eigenvalue weighted by atomic mass is 9.67. The van der Waals surface area contributed by atoms with Crippen LogP contribution in [0.25, 0.3) is 55.3 Å². The van der Waals surface area contributed by atoms with E-state index in [0.29, 0.717) is 0 Å². The Morgan fingerprint density at radius 1 is 0.368 bits per heavy atom. The molecule has 1 aromatic heterocycles. The highest BCUT2D eigenvalue weighted by molar-refractivity contribution is 6.14. The number of furan rings is 1. The van der Waals surface area contributed by atoms with E-state index in [1.807, 2.05) is 0 Å². The zero-order valence-electron chi connectivity index (χ0n) is 31.2. The summed E-state index contributed by atoms with van der Waals surface area (Å²) in [6.45, 7) is 0. The number of hydrogen-bond acceptors (Lipinski definition) is 2. The lowest BCUT2D eigenvalue weighted by molar-refractivity contribution is 0.650. The van der Waals surface area contributed by atoms with Gasteiger partial charge in [0.2, 0.25) is 0 Å². The molecule has 11 rings (SSSR count). The van der Waals surface area contributed by atoms with Crippen LogP contribution in [-0.4, -0.2) is 0 Å². The van der Waals surface area contributed by atoms with Crippen LogP contribution in [0.15, 0.2) is 229 Å². The molecule has 0 amide bonds. The second-order valence-electron chi connectivity index (χ2n) is 14.8. The van der Waals surface area contributed by atoms with Crippen molar-refractivity contribution in [3.05, 3.63) is 247 Å². The predicted molar refractivity (Wildman–Crippen MR) is 237 cm³/mol. The maximum absolute atomic E-state index is 7.18. The molecule has 268 valence electrons. The van der Waals surface area contributed by atoms with Gasteiger partial charge in [0, 0.05) is 33.4 Å². The number of rotatable bonds is 7. The monoisotopic (exact) mass is 727 g/mol. The van der Waals surface area contributed by atoms with Crippen LogP contribution in [0.1, 0.15) is 22.3 Å². The van der Waals surface area contributed by atoms with Crippen LogP contribution in [0.2, 0.25) is 0 Å². The topological polar surface area (TPSA) is 16.4 Å². The van der Waals surface area contributed by atoms with E-state index in [9.17, 15) is 0 Å². The van der Waals surface area contributed by atoms with E-state index in [1.165, 1.54) is 44.5 Å². The third kappa shape index (κ3) is 5.18. The van der Waals surface area contributed by atoms with E-state index in [1.54, 1.807) is 0 Å². The van der Waals surface area contributed by atoms with Gasteiger partial charge in [-0.05, 0) is 105 Å². The molecule has 0 saturated heterocycles. The van der Waals surface area contributed by atoms with Gasteiger partial charge in [0.05, 0.1) is 5.41 Å². The number of benzene rings is 9. The molecule has 0 fully saturated rings. The Morgan fingerprint density at radius 3 is 1.54 bits per heavy atom. The smallest absolute Gasteiger partial charge is 0.140 e. The van der Waals surface area contributed by atoms with Crippen molar-refractivity contribution in [3.63, 3.8) is 0 Å². The standard InChI is InChI=1S/C55H37NO/c1-6-19-38(20-7-1)47-37-49-48-36-40(39-21-18-30-45(35-39)56(43-26-12-4-13-27-43)44-28-14-5-15-29-44)33-34-51(48)57-54(49)53-52(47)46-31-16-17-32-50(46)55(53,41-22-8-2-9-23-41)42-24-10-3-11-25-42/h1-37H. The molecule has 9 aromatic carbocycles. The first-order chi connectivity index (χ1) is 28.3. The van der Waals surface area contributed by atoms with Crippen LogP contribution in [0, 0.1) is 0 Å². The summed E-state index contributed by atoms with van der Waals surface area (Å²) >= 11 is 0. The van der Waals surface area contributed by atoms with Crippen LogP contribution in [-0.2, 0) is 5.41 Å². The maximum atomic E-state index is 7.18. The van der Waals surface area contributed by atoms with Crippen molar-refractivity contribution in [3.8, 4) is 33.4 Å². The minimum atomic E-state index is -0.610. The van der Waals surface area contributed by atoms with Crippen LogP contribution < -0.4 is 4.90 Å². The molecular formula is C55H37NO. The largest absolute Gasteiger partial charge is 0.456 e. The normalized spacial score (nSPS) is 12.7. The van der Waals surface area contributed by atoms with Gasteiger partial charge in [-0.15, -0.1) is 0 Å². The zero-order chi connectivity index (χ0) is 37.8. The predicted octanol–water partition coefficient (Wildman–Crippen LogP) is 14.8. The summed E-state index contributed by atoms with van der Waals surface area (Å²) in [4.78, 5) is 2.31. The van der Waals surface area contributed by atoms with Gasteiger partial charge < -0.3 is 9.32 Å². The van der Waals surface area contributed by atoms with Crippen molar-refractivity contribution in [1.29, 1.82) is 0 Å². The van der Waals surface area contributed by atoms with Crippen LogP contribution in [0.3, 0.4) is 0 Å². The van der Waals surface area contributed by atoms with Gasteiger partial charge in [0.1, 0.15) is 11.2 Å². The second-order valence-corrected chi connectivity index (χ2v) is 14.8. The lowest BCUT2D eigenvalue weighted by Crippen LogP contribution is -2.28. The first-order valence-corrected chi connectivity index (χ1v) is 19.6. The second kappa shape index (κ2) is 13.4. The first kappa shape index (κ1) is 33.0. The van der Waals surface area contributed by atoms with Crippen molar-refractivity contribution in [2.75, 3.05) is 4.90 Å². The summed E-state index contributed by atoms with van der Waals surface area (Å²) in [6, 6.07) is 80.9. The number of fused-ring (bicyclic) bond motifs is 7. The van der Waals surface area contributed by atoms with Crippen LogP contribution in [0.4, 0.5) is 17.1 Å². The van der Waals surface area contributed by atoms with Gasteiger partial charge in [0.25, 0.3) is 0 Å². The molecule has 0 saturated carbocycles. The van der Waals surface area contributed by atoms with Gasteiger partial charge in [0.15, 0.2) is 0 Å². The fourth-order valence-corrected chi connectivity index (χ4v) is 9.30. The number of anilines is 3. The molecule has 1 aliphatic carbocycles. The van der Waals surface area contributed by atoms with Crippen molar-refractivity contribution in [1.82, 2.24) is 0 Å². The quantitative estimate of drug-likeness (QED) is 0.163. The van der Waals surface area contributed by atoms with Gasteiger partial charge in [-0.2, -0.15) is 0 Å². The molecule has 0 bridgehead atoms. The van der Waals surface area contributed by atoms with E-state index >= 15 is 0 Å². The molecule has 0 atom stereocenters. The molecule has 0 unspecified atom stereocenters. The number of para-hydroxylation sites is 2. The maximum Gasteiger partial charge on any atom is 0.140 e. The van der Waals surface area contributed by atoms with Crippen LogP contribution >= 0.6 is 0 Å². The molecule has 0 N–H and O–H groups in total. The summed E-state index contributed by atoms with van der Waals surface area (Å²) in [5, 5.41) is 2.21. The van der Waals surface area contributed by atoms with Gasteiger partial charge in [-0.25, -0.2) is 0 Å². The molecule has 1 aliphatic rings. The minimum Gasteiger partial charge on any atom is -0.456 e. The Bertz CT molecular complexity index is 2960. The average Bonchev–Trinajstić information content (AvgIpc) is 3.82. The molecule has 0 aliphatic heterocycles. The Hall–Kier alpha value is -7.42. The molecule has 1 heterocycles. The first-order valence-electron chi connectivity index (χ1n) is 19.6. The Labute approximate surface area is 332 Å². The number of nitrogens with zero attached hydrogens (tertiary/aromatic N) is 1. The Balaban J connectivity index is 1.19. The summed E-state index contributed by atoms with van der Waals surface area (Å²) in [7, 11) is 0. The fourth-order valence-electron chi connectivity index (χ4n) is 9.30. The third-order valence-corrected chi connectivity index (χ3v) is 11.7. The molecule has 2 heteroatoms. The third-order valence-electron chi connectivity index (χ3n) is 11.7. The minimum absolute atomic E-state index is 0.610. The summed E-state index contributed by atoms with van der Waals surface area (Å²) in [5.41, 5.74) is 16.5. The summed E-state index contributed by atoms with van der Waals surface area (Å²) in [5.74, 6) is 0. The highest BCUT2D eigenvalue weighted by Crippen LogP contribution is 2.61. The van der Waals surface area contributed by atoms with Crippen molar-refractivity contribution >= 4 is 39.0 Å². The van der Waals surface area contributed by atoms with Crippen molar-refractivity contribution in [2.45, 2.75) is 5.41 Å². The van der Waals surface area contributed by atoms with Crippen molar-refractivity contribution < 1.29 is 4.42 Å². The van der Waals surface area contributed by atoms with E-state index in [4.69, 9.17) is 4.42 Å². The molecule has 0 radical (unpaired) electrons. The average molecular weight is 728 g/mol.